The van der Waals surface area contributed by atoms with E-state index in [4.69, 9.17) is 29.1 Å². The van der Waals surface area contributed by atoms with Gasteiger partial charge in [0.2, 0.25) is 16.0 Å². The number of thioether (sulfide) groups is 1. The van der Waals surface area contributed by atoms with E-state index in [0.717, 1.165) is 35.9 Å². The number of ether oxygens (including phenoxy) is 4. The lowest BCUT2D eigenvalue weighted by Crippen LogP contribution is -2.42. The van der Waals surface area contributed by atoms with Gasteiger partial charge in [-0.1, -0.05) is 17.4 Å². The number of nitrogens with one attached hydrogen (secondary N) is 1. The molecule has 228 valence electrons. The third-order valence-electron chi connectivity index (χ3n) is 6.52. The van der Waals surface area contributed by atoms with Crippen molar-refractivity contribution in [2.75, 3.05) is 70.1 Å². The topological polar surface area (TPSA) is 169 Å². The number of amides is 1. The molecule has 1 atom stereocenters. The highest BCUT2D eigenvalue weighted by molar-refractivity contribution is 7.99. The standard InChI is InChI=1S/C27H31N7O7S2/c1-37-15-16(14-33-9-11-42-12-10-33)40-23-17(22-18(38-2)5-4-6-19(22)39-3)13-20(41-25(23)36)24(35)30-26-31-32-27(43-26)34-21(28)7-8-29-34/h4-8,13,16H,9-12,14-15,28H2,1-3H3,(H,30,31,35)/t16-/m0/s1. The van der Waals surface area contributed by atoms with Crippen LogP contribution in [0.4, 0.5) is 10.9 Å². The van der Waals surface area contributed by atoms with Gasteiger partial charge in [0.25, 0.3) is 5.91 Å². The smallest absolute Gasteiger partial charge is 0.379 e. The summed E-state index contributed by atoms with van der Waals surface area (Å²) in [5.74, 6) is 2.09. The molecule has 4 heterocycles. The lowest BCUT2D eigenvalue weighted by molar-refractivity contribution is 0.0535. The van der Waals surface area contributed by atoms with E-state index in [2.05, 4.69) is 25.5 Å². The van der Waals surface area contributed by atoms with E-state index in [9.17, 15) is 9.59 Å². The molecule has 1 aromatic carbocycles. The van der Waals surface area contributed by atoms with Crippen molar-refractivity contribution in [3.05, 3.63) is 52.7 Å². The van der Waals surface area contributed by atoms with Crippen LogP contribution in [0.3, 0.4) is 0 Å². The minimum atomic E-state index is -0.854. The number of hydrogen-bond donors (Lipinski definition) is 2. The lowest BCUT2D eigenvalue weighted by atomic mass is 10.0. The van der Waals surface area contributed by atoms with E-state index < -0.39 is 17.6 Å². The predicted octanol–water partition coefficient (Wildman–Crippen LogP) is 2.64. The van der Waals surface area contributed by atoms with E-state index in [1.165, 1.54) is 31.2 Å². The molecule has 1 aliphatic heterocycles. The van der Waals surface area contributed by atoms with Gasteiger partial charge in [0.05, 0.1) is 32.6 Å². The number of carbonyl (C=O) groups excluding carboxylic acids is 1. The molecule has 0 aliphatic carbocycles. The average molecular weight is 630 g/mol. The number of aromatic nitrogens is 4. The summed E-state index contributed by atoms with van der Waals surface area (Å²) in [6.07, 6.45) is 1.02. The zero-order valence-electron chi connectivity index (χ0n) is 23.8. The fraction of sp³-hybridized carbons (Fsp3) is 0.370. The lowest BCUT2D eigenvalue weighted by Gasteiger charge is -2.30. The third-order valence-corrected chi connectivity index (χ3v) is 8.28. The van der Waals surface area contributed by atoms with Crippen LogP contribution >= 0.6 is 23.1 Å². The van der Waals surface area contributed by atoms with Crippen molar-refractivity contribution in [3.63, 3.8) is 0 Å². The zero-order valence-corrected chi connectivity index (χ0v) is 25.4. The second-order valence-electron chi connectivity index (χ2n) is 9.30. The van der Waals surface area contributed by atoms with Gasteiger partial charge in [0.15, 0.2) is 5.76 Å². The molecule has 14 nitrogen and oxygen atoms in total. The van der Waals surface area contributed by atoms with Crippen LogP contribution in [0, 0.1) is 0 Å². The fourth-order valence-corrected chi connectivity index (χ4v) is 6.24. The molecule has 3 N–H and O–H groups in total. The number of anilines is 2. The first-order chi connectivity index (χ1) is 20.9. The van der Waals surface area contributed by atoms with Gasteiger partial charge < -0.3 is 29.1 Å². The molecule has 0 radical (unpaired) electrons. The van der Waals surface area contributed by atoms with Crippen molar-refractivity contribution in [2.24, 2.45) is 0 Å². The number of methoxy groups -OCH3 is 3. The van der Waals surface area contributed by atoms with Crippen LogP contribution < -0.4 is 30.9 Å². The van der Waals surface area contributed by atoms with Crippen molar-refractivity contribution in [3.8, 4) is 33.5 Å². The highest BCUT2D eigenvalue weighted by atomic mass is 32.2. The molecule has 0 unspecified atom stereocenters. The van der Waals surface area contributed by atoms with Crippen molar-refractivity contribution < 1.29 is 28.2 Å². The van der Waals surface area contributed by atoms with Gasteiger partial charge in [-0.3, -0.25) is 15.0 Å². The second-order valence-corrected chi connectivity index (χ2v) is 11.5. The van der Waals surface area contributed by atoms with Crippen molar-refractivity contribution >= 4 is 40.0 Å². The molecule has 1 aliphatic rings. The zero-order chi connectivity index (χ0) is 30.3. The Kier molecular flexibility index (Phi) is 9.81. The van der Waals surface area contributed by atoms with Crippen LogP contribution in [0.2, 0.25) is 0 Å². The summed E-state index contributed by atoms with van der Waals surface area (Å²) in [4.78, 5) is 29.2. The Bertz CT molecular complexity index is 1590. The number of benzene rings is 1. The highest BCUT2D eigenvalue weighted by Crippen LogP contribution is 2.42. The van der Waals surface area contributed by atoms with Crippen LogP contribution in [0.5, 0.6) is 17.2 Å². The number of carbonyl (C=O) groups is 1. The van der Waals surface area contributed by atoms with E-state index >= 15 is 0 Å². The molecule has 16 heteroatoms. The molecule has 1 saturated heterocycles. The molecule has 1 fully saturated rings. The van der Waals surface area contributed by atoms with Gasteiger partial charge in [-0.25, -0.2) is 4.79 Å². The fourth-order valence-electron chi connectivity index (χ4n) is 4.54. The predicted molar refractivity (Wildman–Crippen MR) is 163 cm³/mol. The normalized spacial score (nSPS) is 14.3. The minimum Gasteiger partial charge on any atom is -0.496 e. The Hall–Kier alpha value is -4.12. The Morgan fingerprint density at radius 2 is 1.88 bits per heavy atom. The molecule has 5 rings (SSSR count). The van der Waals surface area contributed by atoms with Crippen LogP contribution in [-0.2, 0) is 4.74 Å². The number of nitrogens with zero attached hydrogens (tertiary/aromatic N) is 5. The molecule has 1 amide bonds. The summed E-state index contributed by atoms with van der Waals surface area (Å²) in [5, 5.41) is 15.2. The Balaban J connectivity index is 1.52. The van der Waals surface area contributed by atoms with E-state index in [-0.39, 0.29) is 28.8 Å². The van der Waals surface area contributed by atoms with Crippen LogP contribution in [-0.4, -0.2) is 96.0 Å². The van der Waals surface area contributed by atoms with Crippen molar-refractivity contribution in [2.45, 2.75) is 6.10 Å². The van der Waals surface area contributed by atoms with Crippen molar-refractivity contribution in [1.82, 2.24) is 24.9 Å². The molecule has 3 aromatic heterocycles. The summed E-state index contributed by atoms with van der Waals surface area (Å²) >= 11 is 2.94. The van der Waals surface area contributed by atoms with E-state index in [0.29, 0.717) is 34.6 Å². The van der Waals surface area contributed by atoms with Crippen molar-refractivity contribution in [1.29, 1.82) is 0 Å². The largest absolute Gasteiger partial charge is 0.496 e. The van der Waals surface area contributed by atoms with Gasteiger partial charge in [-0.05, 0) is 18.2 Å². The Labute approximate surface area is 255 Å². The quantitative estimate of drug-likeness (QED) is 0.235. The number of nitrogens with two attached hydrogens (primary N) is 1. The van der Waals surface area contributed by atoms with Crippen LogP contribution in [0.25, 0.3) is 16.3 Å². The number of nitrogen functional groups attached to an aromatic ring is 1. The summed E-state index contributed by atoms with van der Waals surface area (Å²) in [5.41, 5.74) is 5.71. The first kappa shape index (κ1) is 30.3. The molecular formula is C27H31N7O7S2. The molecule has 43 heavy (non-hydrogen) atoms. The first-order valence-electron chi connectivity index (χ1n) is 13.2. The van der Waals surface area contributed by atoms with Crippen LogP contribution in [0.15, 0.2) is 45.7 Å². The van der Waals surface area contributed by atoms with Gasteiger partial charge in [-0.15, -0.1) is 10.2 Å². The molecule has 0 saturated carbocycles. The monoisotopic (exact) mass is 629 g/mol. The maximum Gasteiger partial charge on any atom is 0.379 e. The molecule has 0 bridgehead atoms. The van der Waals surface area contributed by atoms with E-state index in [1.807, 2.05) is 11.8 Å². The molecule has 4 aromatic rings. The minimum absolute atomic E-state index is 0.0971. The maximum absolute atomic E-state index is 13.6. The molecular weight excluding hydrogens is 598 g/mol. The summed E-state index contributed by atoms with van der Waals surface area (Å²) in [6, 6.07) is 8.22. The second kappa shape index (κ2) is 13.9. The highest BCUT2D eigenvalue weighted by Gasteiger charge is 2.28. The SMILES string of the molecule is COC[C@H](CN1CCSCC1)Oc1c(-c2c(OC)cccc2OC)cc(C(=O)Nc2nnc(-n3nccc3N)s2)oc1=O. The van der Waals surface area contributed by atoms with E-state index in [1.54, 1.807) is 31.4 Å². The maximum atomic E-state index is 13.6. The van der Waals surface area contributed by atoms with Gasteiger partial charge in [0, 0.05) is 49.9 Å². The third kappa shape index (κ3) is 6.93. The van der Waals surface area contributed by atoms with Crippen LogP contribution in [0.1, 0.15) is 10.6 Å². The molecule has 0 spiro atoms. The number of rotatable bonds is 12. The van der Waals surface area contributed by atoms with Gasteiger partial charge >= 0.3 is 5.63 Å². The summed E-state index contributed by atoms with van der Waals surface area (Å²) in [6.45, 7) is 2.57. The Morgan fingerprint density at radius 3 is 2.53 bits per heavy atom. The first-order valence-corrected chi connectivity index (χ1v) is 15.2. The summed E-state index contributed by atoms with van der Waals surface area (Å²) in [7, 11) is 4.57. The summed E-state index contributed by atoms with van der Waals surface area (Å²) < 4.78 is 29.9. The Morgan fingerprint density at radius 1 is 1.14 bits per heavy atom. The average Bonchev–Trinajstić information content (AvgIpc) is 3.66. The van der Waals surface area contributed by atoms with Gasteiger partial charge in [0.1, 0.15) is 23.4 Å². The number of hydrogen-bond acceptors (Lipinski definition) is 14. The van der Waals surface area contributed by atoms with Gasteiger partial charge in [-0.2, -0.15) is 21.5 Å².